The van der Waals surface area contributed by atoms with E-state index in [-0.39, 0.29) is 12.4 Å². The number of nitrogens with zero attached hydrogens (tertiary/aromatic N) is 1. The lowest BCUT2D eigenvalue weighted by Gasteiger charge is -2.19. The Bertz CT molecular complexity index is 998. The predicted octanol–water partition coefficient (Wildman–Crippen LogP) is 6.05. The van der Waals surface area contributed by atoms with Crippen molar-refractivity contribution in [2.75, 3.05) is 0 Å². The molecular weight excluding hydrogens is 366 g/mol. The van der Waals surface area contributed by atoms with Gasteiger partial charge in [0.05, 0.1) is 5.52 Å². The number of hydrogen-bond acceptors (Lipinski definition) is 4. The van der Waals surface area contributed by atoms with Crippen molar-refractivity contribution in [3.63, 3.8) is 0 Å². The first-order valence-corrected chi connectivity index (χ1v) is 10.0. The Hall–Kier alpha value is -2.95. The Balaban J connectivity index is 1.84. The molecule has 1 aromatic heterocycles. The van der Waals surface area contributed by atoms with Crippen molar-refractivity contribution in [1.29, 1.82) is 0 Å². The highest BCUT2D eigenvalue weighted by molar-refractivity contribution is 5.92. The number of ether oxygens (including phenoxy) is 2. The number of fused-ring (bicyclic) bond motifs is 1. The fourth-order valence-electron chi connectivity index (χ4n) is 3.24. The van der Waals surface area contributed by atoms with Crippen LogP contribution in [0.5, 0.6) is 11.5 Å². The van der Waals surface area contributed by atoms with Crippen LogP contribution in [0.25, 0.3) is 10.9 Å². The molecule has 0 spiro atoms. The number of hydrogen-bond donors (Lipinski definition) is 1. The monoisotopic (exact) mass is 395 g/mol. The maximum absolute atomic E-state index is 12.6. The van der Waals surface area contributed by atoms with E-state index < -0.39 is 11.7 Å². The zero-order chi connectivity index (χ0) is 21.0. The quantitative estimate of drug-likeness (QED) is 0.552. The second-order valence-electron chi connectivity index (χ2n) is 8.25. The van der Waals surface area contributed by atoms with E-state index in [1.807, 2.05) is 51.1 Å². The van der Waals surface area contributed by atoms with Gasteiger partial charge < -0.3 is 14.6 Å². The van der Waals surface area contributed by atoms with E-state index in [0.29, 0.717) is 5.75 Å². The van der Waals surface area contributed by atoms with Gasteiger partial charge in [-0.05, 0) is 57.4 Å². The van der Waals surface area contributed by atoms with E-state index in [0.717, 1.165) is 41.3 Å². The number of aryl methyl sites for hydroxylation is 1. The zero-order valence-corrected chi connectivity index (χ0v) is 17.6. The highest BCUT2D eigenvalue weighted by atomic mass is 16.6. The molecule has 0 amide bonds. The first kappa shape index (κ1) is 20.8. The van der Waals surface area contributed by atoms with Gasteiger partial charge >= 0.3 is 6.09 Å². The highest BCUT2D eigenvalue weighted by Crippen LogP contribution is 2.27. The van der Waals surface area contributed by atoms with E-state index >= 15 is 0 Å². The van der Waals surface area contributed by atoms with Gasteiger partial charge in [-0.3, -0.25) is 4.57 Å². The van der Waals surface area contributed by atoms with Crippen molar-refractivity contribution in [2.24, 2.45) is 0 Å². The third-order valence-electron chi connectivity index (χ3n) is 4.55. The smallest absolute Gasteiger partial charge is 0.419 e. The number of aromatic hydroxyl groups is 1. The fourth-order valence-corrected chi connectivity index (χ4v) is 3.24. The summed E-state index contributed by atoms with van der Waals surface area (Å²) in [5, 5.41) is 10.9. The molecule has 5 heteroatoms. The van der Waals surface area contributed by atoms with Crippen LogP contribution < -0.4 is 4.74 Å². The Morgan fingerprint density at radius 1 is 1.14 bits per heavy atom. The first-order chi connectivity index (χ1) is 13.8. The van der Waals surface area contributed by atoms with E-state index in [4.69, 9.17) is 9.47 Å². The third kappa shape index (κ3) is 5.31. The van der Waals surface area contributed by atoms with Crippen LogP contribution in [-0.4, -0.2) is 21.4 Å². The molecule has 0 fully saturated rings. The molecule has 0 atom stereocenters. The van der Waals surface area contributed by atoms with Gasteiger partial charge in [-0.1, -0.05) is 31.5 Å². The van der Waals surface area contributed by atoms with Crippen molar-refractivity contribution in [1.82, 2.24) is 4.57 Å². The largest absolute Gasteiger partial charge is 0.508 e. The van der Waals surface area contributed by atoms with Gasteiger partial charge in [0.2, 0.25) is 0 Å². The summed E-state index contributed by atoms with van der Waals surface area (Å²) >= 11 is 0. The van der Waals surface area contributed by atoms with Gasteiger partial charge in [0, 0.05) is 23.2 Å². The number of para-hydroxylation sites is 1. The molecule has 0 saturated carbocycles. The van der Waals surface area contributed by atoms with Crippen molar-refractivity contribution in [2.45, 2.75) is 59.2 Å². The Kier molecular flexibility index (Phi) is 6.16. The fraction of sp³-hybridized carbons (Fsp3) is 0.375. The summed E-state index contributed by atoms with van der Waals surface area (Å²) in [4.78, 5) is 12.6. The molecule has 0 radical (unpaired) electrons. The molecule has 0 saturated heterocycles. The Morgan fingerprint density at radius 2 is 1.90 bits per heavy atom. The SMILES string of the molecule is CCCCc1cc(O)cc(OCc2cn(C(=O)OC(C)(C)C)c3ccccc23)c1. The minimum atomic E-state index is -0.574. The van der Waals surface area contributed by atoms with Gasteiger partial charge in [0.1, 0.15) is 23.7 Å². The van der Waals surface area contributed by atoms with Gasteiger partial charge in [-0.15, -0.1) is 0 Å². The Morgan fingerprint density at radius 3 is 2.62 bits per heavy atom. The minimum Gasteiger partial charge on any atom is -0.508 e. The molecular formula is C24H29NO4. The standard InChI is InChI=1S/C24H29NO4/c1-5-6-9-17-12-19(26)14-20(13-17)28-16-18-15-25(23(27)29-24(2,3)4)22-11-8-7-10-21(18)22/h7-8,10-15,26H,5-6,9,16H2,1-4H3. The molecule has 0 unspecified atom stereocenters. The zero-order valence-electron chi connectivity index (χ0n) is 17.6. The Labute approximate surface area is 171 Å². The summed E-state index contributed by atoms with van der Waals surface area (Å²) in [5.74, 6) is 0.815. The van der Waals surface area contributed by atoms with Gasteiger partial charge in [-0.2, -0.15) is 0 Å². The molecule has 0 aliphatic rings. The number of aromatic nitrogens is 1. The van der Waals surface area contributed by atoms with Crippen LogP contribution in [0.4, 0.5) is 4.79 Å². The first-order valence-electron chi connectivity index (χ1n) is 10.0. The van der Waals surface area contributed by atoms with Crippen LogP contribution in [0.15, 0.2) is 48.7 Å². The summed E-state index contributed by atoms with van der Waals surface area (Å²) in [6, 6.07) is 13.0. The molecule has 2 aromatic carbocycles. The van der Waals surface area contributed by atoms with Gasteiger partial charge in [0.15, 0.2) is 0 Å². The van der Waals surface area contributed by atoms with Gasteiger partial charge in [0.25, 0.3) is 0 Å². The minimum absolute atomic E-state index is 0.199. The maximum Gasteiger partial charge on any atom is 0.419 e. The van der Waals surface area contributed by atoms with Crippen molar-refractivity contribution >= 4 is 17.0 Å². The van der Waals surface area contributed by atoms with E-state index in [2.05, 4.69) is 6.92 Å². The van der Waals surface area contributed by atoms with Crippen LogP contribution in [0.3, 0.4) is 0 Å². The van der Waals surface area contributed by atoms with Crippen LogP contribution in [0.1, 0.15) is 51.7 Å². The van der Waals surface area contributed by atoms with E-state index in [1.54, 1.807) is 18.3 Å². The molecule has 0 bridgehead atoms. The highest BCUT2D eigenvalue weighted by Gasteiger charge is 2.20. The number of phenolic OH excluding ortho intramolecular Hbond substituents is 1. The van der Waals surface area contributed by atoms with E-state index in [9.17, 15) is 9.90 Å². The second-order valence-corrected chi connectivity index (χ2v) is 8.25. The van der Waals surface area contributed by atoms with Crippen LogP contribution in [0, 0.1) is 0 Å². The summed E-state index contributed by atoms with van der Waals surface area (Å²) < 4.78 is 13.0. The van der Waals surface area contributed by atoms with Crippen molar-refractivity contribution < 1.29 is 19.4 Å². The molecule has 1 heterocycles. The average Bonchev–Trinajstić information content (AvgIpc) is 3.02. The van der Waals surface area contributed by atoms with Crippen LogP contribution >= 0.6 is 0 Å². The summed E-state index contributed by atoms with van der Waals surface area (Å²) in [5.41, 5.74) is 2.14. The predicted molar refractivity (Wildman–Crippen MR) is 115 cm³/mol. The van der Waals surface area contributed by atoms with Crippen molar-refractivity contribution in [3.8, 4) is 11.5 Å². The number of benzene rings is 2. The molecule has 3 aromatic rings. The lowest BCUT2D eigenvalue weighted by Crippen LogP contribution is -2.26. The number of carbonyl (C=O) groups excluding carboxylic acids is 1. The second kappa shape index (κ2) is 8.60. The molecule has 0 aliphatic heterocycles. The topological polar surface area (TPSA) is 60.7 Å². The molecule has 3 rings (SSSR count). The number of carbonyl (C=O) groups is 1. The number of phenols is 1. The lowest BCUT2D eigenvalue weighted by molar-refractivity contribution is 0.0544. The molecule has 154 valence electrons. The molecule has 5 nitrogen and oxygen atoms in total. The number of unbranched alkanes of at least 4 members (excludes halogenated alkanes) is 1. The van der Waals surface area contributed by atoms with Gasteiger partial charge in [-0.25, -0.2) is 4.79 Å². The molecule has 0 aliphatic carbocycles. The van der Waals surface area contributed by atoms with Crippen molar-refractivity contribution in [3.05, 3.63) is 59.8 Å². The molecule has 29 heavy (non-hydrogen) atoms. The average molecular weight is 395 g/mol. The summed E-state index contributed by atoms with van der Waals surface area (Å²) in [6.07, 6.45) is 4.40. The summed E-state index contributed by atoms with van der Waals surface area (Å²) in [6.45, 7) is 7.96. The normalized spacial score (nSPS) is 11.6. The third-order valence-corrected chi connectivity index (χ3v) is 4.55. The summed E-state index contributed by atoms with van der Waals surface area (Å²) in [7, 11) is 0. The molecule has 1 N–H and O–H groups in total. The van der Waals surface area contributed by atoms with Crippen LogP contribution in [0.2, 0.25) is 0 Å². The lowest BCUT2D eigenvalue weighted by atomic mass is 10.1. The number of rotatable bonds is 6. The maximum atomic E-state index is 12.6. The van der Waals surface area contributed by atoms with E-state index in [1.165, 1.54) is 4.57 Å². The van der Waals surface area contributed by atoms with Crippen LogP contribution in [-0.2, 0) is 17.8 Å².